The smallest absolute Gasteiger partial charge is 0.308 e. The molecule has 0 amide bonds. The van der Waals surface area contributed by atoms with E-state index in [-0.39, 0.29) is 13.0 Å². The van der Waals surface area contributed by atoms with E-state index in [1.807, 2.05) is 0 Å². The van der Waals surface area contributed by atoms with Crippen molar-refractivity contribution in [3.05, 3.63) is 0 Å². The third-order valence-electron chi connectivity index (χ3n) is 3.22. The fourth-order valence-corrected chi connectivity index (χ4v) is 2.23. The normalized spacial score (nSPS) is 44.2. The molecule has 104 valence electrons. The van der Waals surface area contributed by atoms with Crippen LogP contribution in [0.25, 0.3) is 0 Å². The van der Waals surface area contributed by atoms with Crippen LogP contribution in [0.2, 0.25) is 0 Å². The molecule has 7 heteroatoms. The summed E-state index contributed by atoms with van der Waals surface area (Å²) in [5.74, 6) is -0.504. The first-order chi connectivity index (χ1) is 8.52. The molecule has 0 aliphatic carbocycles. The van der Waals surface area contributed by atoms with Crippen molar-refractivity contribution in [3.8, 4) is 0 Å². The minimum absolute atomic E-state index is 0.118. The van der Waals surface area contributed by atoms with Crippen molar-refractivity contribution in [1.29, 1.82) is 0 Å². The Morgan fingerprint density at radius 3 is 2.72 bits per heavy atom. The highest BCUT2D eigenvalue weighted by Crippen LogP contribution is 2.29. The third-order valence-corrected chi connectivity index (χ3v) is 3.22. The molecule has 0 radical (unpaired) electrons. The zero-order valence-corrected chi connectivity index (χ0v) is 10.3. The van der Waals surface area contributed by atoms with Crippen LogP contribution in [0, 0.1) is 0 Å². The lowest BCUT2D eigenvalue weighted by molar-refractivity contribution is -0.320. The van der Waals surface area contributed by atoms with E-state index in [2.05, 4.69) is 4.74 Å². The van der Waals surface area contributed by atoms with E-state index in [1.54, 1.807) is 6.92 Å². The molecule has 2 fully saturated rings. The summed E-state index contributed by atoms with van der Waals surface area (Å²) in [5.41, 5.74) is 0. The Hall–Kier alpha value is -0.730. The van der Waals surface area contributed by atoms with Gasteiger partial charge in [0.05, 0.1) is 26.2 Å². The Morgan fingerprint density at radius 1 is 1.33 bits per heavy atom. The number of hydrogen-bond acceptors (Lipinski definition) is 7. The fourth-order valence-electron chi connectivity index (χ4n) is 2.23. The van der Waals surface area contributed by atoms with Gasteiger partial charge in [-0.25, -0.2) is 0 Å². The predicted octanol–water partition coefficient (Wildman–Crippen LogP) is -1.20. The van der Waals surface area contributed by atoms with Gasteiger partial charge >= 0.3 is 5.97 Å². The number of methoxy groups -OCH3 is 1. The first-order valence-electron chi connectivity index (χ1n) is 5.88. The van der Waals surface area contributed by atoms with Crippen LogP contribution in [0.3, 0.4) is 0 Å². The van der Waals surface area contributed by atoms with E-state index >= 15 is 0 Å². The number of carbonyl (C=O) groups is 1. The molecule has 0 bridgehead atoms. The molecule has 0 aromatic carbocycles. The molecule has 0 saturated carbocycles. The summed E-state index contributed by atoms with van der Waals surface area (Å²) in [7, 11) is 1.26. The first-order valence-corrected chi connectivity index (χ1v) is 5.88. The van der Waals surface area contributed by atoms with E-state index in [0.717, 1.165) is 0 Å². The highest BCUT2D eigenvalue weighted by Gasteiger charge is 2.48. The largest absolute Gasteiger partial charge is 0.469 e. The van der Waals surface area contributed by atoms with Gasteiger partial charge in [-0.1, -0.05) is 0 Å². The van der Waals surface area contributed by atoms with Gasteiger partial charge < -0.3 is 29.2 Å². The number of esters is 1. The van der Waals surface area contributed by atoms with Crippen molar-refractivity contribution < 1.29 is 34.0 Å². The summed E-state index contributed by atoms with van der Waals surface area (Å²) in [6, 6.07) is 0. The summed E-state index contributed by atoms with van der Waals surface area (Å²) in [6.45, 7) is 1.96. The van der Waals surface area contributed by atoms with E-state index in [4.69, 9.17) is 14.2 Å². The monoisotopic (exact) mass is 262 g/mol. The molecule has 0 aromatic heterocycles. The topological polar surface area (TPSA) is 94.5 Å². The molecule has 2 N–H and O–H groups in total. The fraction of sp³-hybridized carbons (Fsp3) is 0.909. The van der Waals surface area contributed by atoms with Gasteiger partial charge in [-0.3, -0.25) is 4.79 Å². The Kier molecular flexibility index (Phi) is 4.18. The highest BCUT2D eigenvalue weighted by atomic mass is 16.7. The van der Waals surface area contributed by atoms with Crippen LogP contribution in [0.1, 0.15) is 13.3 Å². The highest BCUT2D eigenvalue weighted by molar-refractivity contribution is 5.69. The maximum Gasteiger partial charge on any atom is 0.308 e. The SMILES string of the molecule is COC(=O)C[C@@H]1O[C@@H]2CO[C@@H](C)O[C@H]2[C@H](O)[C@H]1O. The van der Waals surface area contributed by atoms with E-state index in [0.29, 0.717) is 0 Å². The number of fused-ring (bicyclic) bond motifs is 1. The van der Waals surface area contributed by atoms with Crippen LogP contribution in [-0.2, 0) is 23.7 Å². The summed E-state index contributed by atoms with van der Waals surface area (Å²) < 4.78 is 20.7. The van der Waals surface area contributed by atoms with Gasteiger partial charge in [-0.2, -0.15) is 0 Å². The zero-order valence-electron chi connectivity index (χ0n) is 10.3. The Balaban J connectivity index is 2.03. The van der Waals surface area contributed by atoms with Crippen LogP contribution < -0.4 is 0 Å². The standard InChI is InChI=1S/C11H18O7/c1-5-16-4-7-11(17-5)10(14)9(13)6(18-7)3-8(12)15-2/h5-7,9-11,13-14H,3-4H2,1-2H3/t5-,6+,7-,9+,10-,11-/m1/s1. The lowest BCUT2D eigenvalue weighted by Gasteiger charge is -2.45. The molecule has 0 spiro atoms. The van der Waals surface area contributed by atoms with Crippen molar-refractivity contribution in [2.75, 3.05) is 13.7 Å². The van der Waals surface area contributed by atoms with Gasteiger partial charge in [0.25, 0.3) is 0 Å². The molecule has 6 atom stereocenters. The molecule has 2 aliphatic heterocycles. The van der Waals surface area contributed by atoms with Gasteiger partial charge in [0, 0.05) is 0 Å². The van der Waals surface area contributed by atoms with Crippen LogP contribution in [0.5, 0.6) is 0 Å². The maximum absolute atomic E-state index is 11.2. The summed E-state index contributed by atoms with van der Waals surface area (Å²) in [5, 5.41) is 19.9. The van der Waals surface area contributed by atoms with Crippen molar-refractivity contribution >= 4 is 5.97 Å². The van der Waals surface area contributed by atoms with Crippen LogP contribution in [-0.4, -0.2) is 66.7 Å². The second-order valence-corrected chi connectivity index (χ2v) is 4.48. The molecule has 2 aliphatic rings. The maximum atomic E-state index is 11.2. The number of ether oxygens (including phenoxy) is 4. The van der Waals surface area contributed by atoms with E-state index in [9.17, 15) is 15.0 Å². The lowest BCUT2D eigenvalue weighted by Crippen LogP contribution is -2.62. The van der Waals surface area contributed by atoms with Crippen LogP contribution >= 0.6 is 0 Å². The molecule has 0 unspecified atom stereocenters. The lowest BCUT2D eigenvalue weighted by atomic mass is 9.93. The second kappa shape index (κ2) is 5.50. The zero-order chi connectivity index (χ0) is 13.3. The van der Waals surface area contributed by atoms with Crippen molar-refractivity contribution in [2.45, 2.75) is 50.2 Å². The summed E-state index contributed by atoms with van der Waals surface area (Å²) in [6.07, 6.45) is -4.80. The van der Waals surface area contributed by atoms with Crippen molar-refractivity contribution in [3.63, 3.8) is 0 Å². The van der Waals surface area contributed by atoms with Crippen molar-refractivity contribution in [2.24, 2.45) is 0 Å². The molecular weight excluding hydrogens is 244 g/mol. The van der Waals surface area contributed by atoms with Gasteiger partial charge in [-0.05, 0) is 6.92 Å². The van der Waals surface area contributed by atoms with Gasteiger partial charge in [0.15, 0.2) is 6.29 Å². The Labute approximate surface area is 105 Å². The Morgan fingerprint density at radius 2 is 2.06 bits per heavy atom. The van der Waals surface area contributed by atoms with Crippen molar-refractivity contribution in [1.82, 2.24) is 0 Å². The minimum atomic E-state index is -1.18. The quantitative estimate of drug-likeness (QED) is 0.604. The first kappa shape index (κ1) is 13.7. The summed E-state index contributed by atoms with van der Waals surface area (Å²) in [4.78, 5) is 11.2. The summed E-state index contributed by atoms with van der Waals surface area (Å²) >= 11 is 0. The molecule has 2 rings (SSSR count). The molecule has 2 heterocycles. The average Bonchev–Trinajstić information content (AvgIpc) is 2.36. The van der Waals surface area contributed by atoms with Gasteiger partial charge in [0.1, 0.15) is 24.4 Å². The molecule has 2 saturated heterocycles. The second-order valence-electron chi connectivity index (χ2n) is 4.48. The van der Waals surface area contributed by atoms with Gasteiger partial charge in [-0.15, -0.1) is 0 Å². The predicted molar refractivity (Wildman–Crippen MR) is 57.6 cm³/mol. The number of aliphatic hydroxyl groups is 2. The van der Waals surface area contributed by atoms with E-state index < -0.39 is 42.8 Å². The van der Waals surface area contributed by atoms with E-state index in [1.165, 1.54) is 7.11 Å². The van der Waals surface area contributed by atoms with Crippen LogP contribution in [0.15, 0.2) is 0 Å². The third kappa shape index (κ3) is 2.65. The molecule has 7 nitrogen and oxygen atoms in total. The number of aliphatic hydroxyl groups excluding tert-OH is 2. The van der Waals surface area contributed by atoms with Gasteiger partial charge in [0.2, 0.25) is 0 Å². The number of rotatable bonds is 2. The number of hydrogen-bond donors (Lipinski definition) is 2. The molecule has 0 aromatic rings. The molecular formula is C11H18O7. The number of carbonyl (C=O) groups excluding carboxylic acids is 1. The van der Waals surface area contributed by atoms with Crippen LogP contribution in [0.4, 0.5) is 0 Å². The Bertz CT molecular complexity index is 306. The average molecular weight is 262 g/mol. The minimum Gasteiger partial charge on any atom is -0.469 e. The molecule has 18 heavy (non-hydrogen) atoms.